The highest BCUT2D eigenvalue weighted by Gasteiger charge is 2.37. The molecule has 2 aliphatic rings. The van der Waals surface area contributed by atoms with Crippen LogP contribution in [0.15, 0.2) is 18.3 Å². The lowest BCUT2D eigenvalue weighted by Gasteiger charge is -2.38. The first kappa shape index (κ1) is 19.4. The van der Waals surface area contributed by atoms with Crippen LogP contribution in [0.4, 0.5) is 13.2 Å². The number of nitrogens with zero attached hydrogens (tertiary/aromatic N) is 2. The van der Waals surface area contributed by atoms with Crippen molar-refractivity contribution in [2.75, 3.05) is 13.2 Å². The van der Waals surface area contributed by atoms with Gasteiger partial charge in [-0.3, -0.25) is 4.79 Å². The molecule has 0 radical (unpaired) electrons. The van der Waals surface area contributed by atoms with E-state index in [-0.39, 0.29) is 18.6 Å². The number of halogens is 3. The van der Waals surface area contributed by atoms with Crippen LogP contribution in [0.25, 0.3) is 0 Å². The maximum absolute atomic E-state index is 12.5. The Morgan fingerprint density at radius 2 is 2.00 bits per heavy atom. The summed E-state index contributed by atoms with van der Waals surface area (Å²) < 4.78 is 46.6. The third-order valence-electron chi connectivity index (χ3n) is 4.58. The summed E-state index contributed by atoms with van der Waals surface area (Å²) in [5.74, 6) is -1.97. The summed E-state index contributed by atoms with van der Waals surface area (Å²) in [4.78, 5) is 29.7. The number of carbonyl (C=O) groups is 2. The summed E-state index contributed by atoms with van der Waals surface area (Å²) in [5.41, 5.74) is 0.740. The van der Waals surface area contributed by atoms with Gasteiger partial charge in [0.25, 0.3) is 0 Å². The first-order chi connectivity index (χ1) is 12.7. The van der Waals surface area contributed by atoms with Crippen molar-refractivity contribution in [3.05, 3.63) is 23.9 Å². The van der Waals surface area contributed by atoms with Crippen molar-refractivity contribution in [3.8, 4) is 5.88 Å². The number of hydrogen-bond acceptors (Lipinski definition) is 5. The molecule has 9 heteroatoms. The van der Waals surface area contributed by atoms with E-state index in [2.05, 4.69) is 9.72 Å². The Balaban J connectivity index is 1.74. The van der Waals surface area contributed by atoms with Gasteiger partial charge in [0, 0.05) is 18.8 Å². The fourth-order valence-electron chi connectivity index (χ4n) is 3.10. The van der Waals surface area contributed by atoms with Gasteiger partial charge in [0.15, 0.2) is 6.61 Å². The minimum Gasteiger partial charge on any atom is -0.474 e. The van der Waals surface area contributed by atoms with E-state index >= 15 is 0 Å². The summed E-state index contributed by atoms with van der Waals surface area (Å²) in [6.07, 6.45) is 0.416. The van der Waals surface area contributed by atoms with Crippen LogP contribution in [-0.4, -0.2) is 47.2 Å². The zero-order valence-corrected chi connectivity index (χ0v) is 14.9. The van der Waals surface area contributed by atoms with Crippen molar-refractivity contribution in [3.63, 3.8) is 0 Å². The molecule has 1 aliphatic heterocycles. The fraction of sp³-hybridized carbons (Fsp3) is 0.611. The summed E-state index contributed by atoms with van der Waals surface area (Å²) in [6.45, 7) is 0.414. The lowest BCUT2D eigenvalue weighted by Crippen LogP contribution is -2.45. The van der Waals surface area contributed by atoms with E-state index < -0.39 is 30.7 Å². The second-order valence-corrected chi connectivity index (χ2v) is 7.09. The summed E-state index contributed by atoms with van der Waals surface area (Å²) in [7, 11) is 0. The molecule has 2 heterocycles. The van der Waals surface area contributed by atoms with Gasteiger partial charge in [-0.2, -0.15) is 13.2 Å². The first-order valence-corrected chi connectivity index (χ1v) is 8.90. The molecule has 2 unspecified atom stereocenters. The third-order valence-corrected chi connectivity index (χ3v) is 4.58. The number of esters is 1. The van der Waals surface area contributed by atoms with Gasteiger partial charge in [0.05, 0.1) is 6.04 Å². The molecular formula is C18H21F3N2O4. The number of rotatable bonds is 4. The number of alkyl halides is 3. The van der Waals surface area contributed by atoms with Gasteiger partial charge >= 0.3 is 18.1 Å². The van der Waals surface area contributed by atoms with Crippen LogP contribution in [0.1, 0.15) is 44.2 Å². The monoisotopic (exact) mass is 386 g/mol. The molecule has 2 atom stereocenters. The minimum atomic E-state index is -4.68. The molecule has 1 aromatic rings. The highest BCUT2D eigenvalue weighted by Crippen LogP contribution is 2.35. The predicted octanol–water partition coefficient (Wildman–Crippen LogP) is 3.03. The average molecular weight is 386 g/mol. The van der Waals surface area contributed by atoms with Crippen LogP contribution in [0.3, 0.4) is 0 Å². The van der Waals surface area contributed by atoms with Gasteiger partial charge < -0.3 is 14.4 Å². The van der Waals surface area contributed by atoms with Gasteiger partial charge in [-0.25, -0.2) is 9.78 Å². The molecular weight excluding hydrogens is 365 g/mol. The highest BCUT2D eigenvalue weighted by atomic mass is 19.4. The van der Waals surface area contributed by atoms with Crippen LogP contribution in [0, 0.1) is 5.92 Å². The molecule has 6 nitrogen and oxygen atoms in total. The lowest BCUT2D eigenvalue weighted by atomic mass is 9.90. The molecule has 0 bridgehead atoms. The molecule has 2 fully saturated rings. The molecule has 1 saturated carbocycles. The Morgan fingerprint density at radius 3 is 2.67 bits per heavy atom. The quantitative estimate of drug-likeness (QED) is 0.588. The molecule has 27 heavy (non-hydrogen) atoms. The van der Waals surface area contributed by atoms with E-state index in [0.29, 0.717) is 12.3 Å². The van der Waals surface area contributed by atoms with Gasteiger partial charge in [0.2, 0.25) is 5.88 Å². The number of piperidine rings is 1. The van der Waals surface area contributed by atoms with E-state index in [1.54, 1.807) is 18.3 Å². The number of likely N-dealkylation sites (tertiary alicyclic amines) is 1. The minimum absolute atomic E-state index is 0.129. The van der Waals surface area contributed by atoms with E-state index in [0.717, 1.165) is 24.8 Å². The SMILES string of the molecule is CC1CCC(c2ccnc(OC3CC3)c2)N(C(=O)C(=O)OCC(F)(F)F)C1. The van der Waals surface area contributed by atoms with Crippen molar-refractivity contribution in [2.45, 2.75) is 50.9 Å². The Labute approximate surface area is 154 Å². The van der Waals surface area contributed by atoms with Gasteiger partial charge in [-0.05, 0) is 43.2 Å². The molecule has 1 amide bonds. The van der Waals surface area contributed by atoms with Crippen molar-refractivity contribution in [2.24, 2.45) is 5.92 Å². The normalized spacial score (nSPS) is 23.0. The van der Waals surface area contributed by atoms with E-state index in [1.807, 2.05) is 6.92 Å². The number of ether oxygens (including phenoxy) is 2. The Morgan fingerprint density at radius 1 is 1.26 bits per heavy atom. The van der Waals surface area contributed by atoms with Crippen molar-refractivity contribution >= 4 is 11.9 Å². The molecule has 148 valence electrons. The maximum atomic E-state index is 12.5. The van der Waals surface area contributed by atoms with Gasteiger partial charge in [-0.1, -0.05) is 6.92 Å². The van der Waals surface area contributed by atoms with Crippen LogP contribution in [0.5, 0.6) is 5.88 Å². The molecule has 1 aromatic heterocycles. The van der Waals surface area contributed by atoms with Crippen LogP contribution in [0.2, 0.25) is 0 Å². The second-order valence-electron chi connectivity index (χ2n) is 7.09. The van der Waals surface area contributed by atoms with Crippen molar-refractivity contribution in [1.82, 2.24) is 9.88 Å². The molecule has 0 aromatic carbocycles. The van der Waals surface area contributed by atoms with Crippen molar-refractivity contribution in [1.29, 1.82) is 0 Å². The Bertz CT molecular complexity index is 706. The summed E-state index contributed by atoms with van der Waals surface area (Å²) >= 11 is 0. The second kappa shape index (κ2) is 7.74. The molecule has 0 N–H and O–H groups in total. The summed E-state index contributed by atoms with van der Waals surface area (Å²) in [5, 5.41) is 0. The number of pyridine rings is 1. The lowest BCUT2D eigenvalue weighted by molar-refractivity contribution is -0.190. The van der Waals surface area contributed by atoms with E-state index in [4.69, 9.17) is 4.74 Å². The number of aromatic nitrogens is 1. The summed E-state index contributed by atoms with van der Waals surface area (Å²) in [6, 6.07) is 3.01. The number of hydrogen-bond donors (Lipinski definition) is 0. The van der Waals surface area contributed by atoms with Crippen LogP contribution < -0.4 is 4.74 Å². The van der Waals surface area contributed by atoms with Gasteiger partial charge in [0.1, 0.15) is 6.10 Å². The molecule has 1 aliphatic carbocycles. The van der Waals surface area contributed by atoms with Crippen molar-refractivity contribution < 1.29 is 32.2 Å². The first-order valence-electron chi connectivity index (χ1n) is 8.90. The topological polar surface area (TPSA) is 68.7 Å². The van der Waals surface area contributed by atoms with Crippen LogP contribution >= 0.6 is 0 Å². The predicted molar refractivity (Wildman–Crippen MR) is 87.8 cm³/mol. The third kappa shape index (κ3) is 5.33. The largest absolute Gasteiger partial charge is 0.474 e. The van der Waals surface area contributed by atoms with Gasteiger partial charge in [-0.15, -0.1) is 0 Å². The Hall–Kier alpha value is -2.32. The zero-order valence-electron chi connectivity index (χ0n) is 14.9. The smallest absolute Gasteiger partial charge is 0.422 e. The number of carbonyl (C=O) groups excluding carboxylic acids is 2. The highest BCUT2D eigenvalue weighted by molar-refractivity contribution is 6.32. The average Bonchev–Trinajstić information content (AvgIpc) is 3.42. The van der Waals surface area contributed by atoms with Crippen LogP contribution in [-0.2, 0) is 14.3 Å². The molecule has 0 spiro atoms. The maximum Gasteiger partial charge on any atom is 0.422 e. The fourth-order valence-corrected chi connectivity index (χ4v) is 3.10. The van der Waals surface area contributed by atoms with E-state index in [9.17, 15) is 22.8 Å². The molecule has 3 rings (SSSR count). The number of amides is 1. The Kier molecular flexibility index (Phi) is 5.57. The zero-order chi connectivity index (χ0) is 19.6. The van der Waals surface area contributed by atoms with E-state index in [1.165, 1.54) is 4.90 Å². The standard InChI is InChI=1S/C18H21F3N2O4/c1-11-2-5-14(12-6-7-22-15(8-12)27-13-3-4-13)23(9-11)16(24)17(25)26-10-18(19,20)21/h6-8,11,13-14H,2-5,9-10H2,1H3. The molecule has 1 saturated heterocycles.